The van der Waals surface area contributed by atoms with Crippen LogP contribution in [0, 0.1) is 6.92 Å². The maximum atomic E-state index is 12.9. The van der Waals surface area contributed by atoms with Crippen molar-refractivity contribution in [2.45, 2.75) is 19.8 Å². The Labute approximate surface area is 191 Å². The number of nitrogens with zero attached hydrogens (tertiary/aromatic N) is 5. The monoisotopic (exact) mass is 465 g/mol. The lowest BCUT2D eigenvalue weighted by atomic mass is 10.1. The number of aryl methyl sites for hydroxylation is 1. The average Bonchev–Trinajstić information content (AvgIpc) is 2.80. The number of aromatic nitrogens is 4. The average molecular weight is 466 g/mol. The van der Waals surface area contributed by atoms with Crippen molar-refractivity contribution >= 4 is 38.5 Å². The van der Waals surface area contributed by atoms with Gasteiger partial charge >= 0.3 is 0 Å². The molecule has 2 aromatic heterocycles. The maximum Gasteiger partial charge on any atom is 0.255 e. The lowest BCUT2D eigenvalue weighted by Gasteiger charge is -2.18. The molecule has 2 N–H and O–H groups in total. The Balaban J connectivity index is 1.57. The van der Waals surface area contributed by atoms with Crippen molar-refractivity contribution in [3.05, 3.63) is 70.9 Å². The van der Waals surface area contributed by atoms with Gasteiger partial charge in [-0.1, -0.05) is 12.1 Å². The largest absolute Gasteiger partial charge is 0.338 e. The number of carbonyl (C=O) groups is 1. The predicted octanol–water partition coefficient (Wildman–Crippen LogP) is 2.65. The molecule has 3 aromatic rings. The summed E-state index contributed by atoms with van der Waals surface area (Å²) in [5.74, 6) is 0.171. The Morgan fingerprint density at radius 2 is 1.94 bits per heavy atom. The minimum atomic E-state index is -3.56. The molecule has 170 valence electrons. The number of allylic oxidation sites excluding steroid dienone is 3. The molecule has 0 bridgehead atoms. The summed E-state index contributed by atoms with van der Waals surface area (Å²) in [5.41, 5.74) is 3.74. The summed E-state index contributed by atoms with van der Waals surface area (Å²) in [6.45, 7) is 1.91. The van der Waals surface area contributed by atoms with E-state index >= 15 is 0 Å². The molecule has 0 atom stereocenters. The highest BCUT2D eigenvalue weighted by Gasteiger charge is 2.22. The molecular weight excluding hydrogens is 442 g/mol. The van der Waals surface area contributed by atoms with Crippen LogP contribution in [0.4, 0.5) is 11.5 Å². The number of sulfonamides is 1. The summed E-state index contributed by atoms with van der Waals surface area (Å²) in [6, 6.07) is 5.26. The van der Waals surface area contributed by atoms with Crippen LogP contribution in [0.5, 0.6) is 0 Å². The molecule has 33 heavy (non-hydrogen) atoms. The SMILES string of the molecule is Cc1ccc(C(=O)NC2=CC(S(=O)(=O)N(C)C)=CCC2)cc1Nc1ncnc2cncnc12. The number of rotatable bonds is 6. The van der Waals surface area contributed by atoms with Crippen molar-refractivity contribution in [1.29, 1.82) is 0 Å². The van der Waals surface area contributed by atoms with Gasteiger partial charge in [0.15, 0.2) is 5.82 Å². The van der Waals surface area contributed by atoms with Gasteiger partial charge in [-0.15, -0.1) is 0 Å². The first-order chi connectivity index (χ1) is 15.8. The van der Waals surface area contributed by atoms with E-state index in [9.17, 15) is 13.2 Å². The van der Waals surface area contributed by atoms with E-state index in [4.69, 9.17) is 0 Å². The molecule has 10 nitrogen and oxygen atoms in total. The van der Waals surface area contributed by atoms with E-state index in [-0.39, 0.29) is 10.8 Å². The second-order valence-electron chi connectivity index (χ2n) is 7.69. The van der Waals surface area contributed by atoms with Gasteiger partial charge in [-0.2, -0.15) is 0 Å². The summed E-state index contributed by atoms with van der Waals surface area (Å²) in [6.07, 6.45) is 8.68. The van der Waals surface area contributed by atoms with Gasteiger partial charge in [0.1, 0.15) is 23.7 Å². The quantitative estimate of drug-likeness (QED) is 0.568. The summed E-state index contributed by atoms with van der Waals surface area (Å²) in [7, 11) is -0.610. The van der Waals surface area contributed by atoms with Crippen LogP contribution in [0.2, 0.25) is 0 Å². The highest BCUT2D eigenvalue weighted by molar-refractivity contribution is 7.93. The van der Waals surface area contributed by atoms with E-state index in [0.29, 0.717) is 46.6 Å². The second-order valence-corrected chi connectivity index (χ2v) is 9.84. The third-order valence-electron chi connectivity index (χ3n) is 5.18. The van der Waals surface area contributed by atoms with Crippen LogP contribution in [0.1, 0.15) is 28.8 Å². The zero-order valence-corrected chi connectivity index (χ0v) is 19.2. The highest BCUT2D eigenvalue weighted by atomic mass is 32.2. The predicted molar refractivity (Wildman–Crippen MR) is 125 cm³/mol. The Kier molecular flexibility index (Phi) is 6.16. The second kappa shape index (κ2) is 9.04. The number of amides is 1. The fourth-order valence-corrected chi connectivity index (χ4v) is 4.35. The molecule has 1 amide bonds. The van der Waals surface area contributed by atoms with Gasteiger partial charge in [0.05, 0.1) is 11.1 Å². The van der Waals surface area contributed by atoms with Crippen molar-refractivity contribution in [2.75, 3.05) is 19.4 Å². The number of carbonyl (C=O) groups excluding carboxylic acids is 1. The standard InChI is InChI=1S/C22H23N7O3S/c1-14-7-8-15(9-18(14)28-21-20-19(24-13-26-21)11-23-12-25-20)22(30)27-16-5-4-6-17(10-16)33(31,32)29(2)3/h6-13H,4-5H2,1-3H3,(H,27,30)(H,24,26,28). The molecule has 2 heterocycles. The van der Waals surface area contributed by atoms with Crippen molar-refractivity contribution in [2.24, 2.45) is 0 Å². The zero-order valence-electron chi connectivity index (χ0n) is 18.4. The first-order valence-electron chi connectivity index (χ1n) is 10.2. The van der Waals surface area contributed by atoms with Gasteiger partial charge in [0.25, 0.3) is 5.91 Å². The molecule has 11 heteroatoms. The minimum Gasteiger partial charge on any atom is -0.338 e. The van der Waals surface area contributed by atoms with Crippen LogP contribution in [0.25, 0.3) is 11.0 Å². The van der Waals surface area contributed by atoms with Crippen LogP contribution >= 0.6 is 0 Å². The van der Waals surface area contributed by atoms with Crippen molar-refractivity contribution < 1.29 is 13.2 Å². The van der Waals surface area contributed by atoms with Crippen LogP contribution in [0.3, 0.4) is 0 Å². The van der Waals surface area contributed by atoms with Crippen molar-refractivity contribution in [3.63, 3.8) is 0 Å². The molecule has 0 saturated carbocycles. The fourth-order valence-electron chi connectivity index (χ4n) is 3.31. The maximum absolute atomic E-state index is 12.9. The lowest BCUT2D eigenvalue weighted by molar-refractivity contribution is 0.0964. The number of benzene rings is 1. The van der Waals surface area contributed by atoms with Crippen molar-refractivity contribution in [1.82, 2.24) is 29.6 Å². The van der Waals surface area contributed by atoms with Gasteiger partial charge in [-0.05, 0) is 43.5 Å². The van der Waals surface area contributed by atoms with Crippen LogP contribution < -0.4 is 10.6 Å². The third-order valence-corrected chi connectivity index (χ3v) is 7.02. The number of hydrogen-bond donors (Lipinski definition) is 2. The summed E-state index contributed by atoms with van der Waals surface area (Å²) in [5, 5.41) is 6.06. The smallest absolute Gasteiger partial charge is 0.255 e. The topological polar surface area (TPSA) is 130 Å². The van der Waals surface area contributed by atoms with Gasteiger partial charge < -0.3 is 10.6 Å². The van der Waals surface area contributed by atoms with E-state index < -0.39 is 10.0 Å². The fraction of sp³-hybridized carbons (Fsp3) is 0.227. The first-order valence-corrected chi connectivity index (χ1v) is 11.6. The summed E-state index contributed by atoms with van der Waals surface area (Å²) in [4.78, 5) is 29.7. The minimum absolute atomic E-state index is 0.179. The zero-order chi connectivity index (χ0) is 23.6. The van der Waals surface area contributed by atoms with Gasteiger partial charge in [-0.3, -0.25) is 4.79 Å². The van der Waals surface area contributed by atoms with Gasteiger partial charge in [0.2, 0.25) is 10.0 Å². The van der Waals surface area contributed by atoms with E-state index in [2.05, 4.69) is 30.6 Å². The Hall–Kier alpha value is -3.70. The molecule has 0 saturated heterocycles. The number of nitrogens with one attached hydrogen (secondary N) is 2. The number of fused-ring (bicyclic) bond motifs is 1. The Morgan fingerprint density at radius 3 is 2.73 bits per heavy atom. The molecule has 1 aliphatic carbocycles. The Bertz CT molecular complexity index is 1390. The molecule has 0 unspecified atom stereocenters. The van der Waals surface area contributed by atoms with E-state index in [1.54, 1.807) is 24.4 Å². The molecule has 1 aliphatic rings. The van der Waals surface area contributed by atoms with E-state index in [1.807, 2.05) is 13.0 Å². The first kappa shape index (κ1) is 22.5. The third kappa shape index (κ3) is 4.73. The lowest BCUT2D eigenvalue weighted by Crippen LogP contribution is -2.27. The molecule has 4 rings (SSSR count). The molecule has 0 radical (unpaired) electrons. The number of hydrogen-bond acceptors (Lipinski definition) is 8. The summed E-state index contributed by atoms with van der Waals surface area (Å²) < 4.78 is 26.0. The highest BCUT2D eigenvalue weighted by Crippen LogP contribution is 2.25. The number of anilines is 2. The van der Waals surface area contributed by atoms with Gasteiger partial charge in [0, 0.05) is 31.0 Å². The molecule has 0 fully saturated rings. The summed E-state index contributed by atoms with van der Waals surface area (Å²) >= 11 is 0. The van der Waals surface area contributed by atoms with Crippen LogP contribution in [-0.2, 0) is 10.0 Å². The van der Waals surface area contributed by atoms with E-state index in [1.165, 1.54) is 32.8 Å². The normalized spacial score (nSPS) is 14.1. The molecule has 1 aromatic carbocycles. The van der Waals surface area contributed by atoms with Gasteiger partial charge in [-0.25, -0.2) is 32.7 Å². The van der Waals surface area contributed by atoms with E-state index in [0.717, 1.165) is 9.87 Å². The van der Waals surface area contributed by atoms with Crippen LogP contribution in [0.15, 0.2) is 59.8 Å². The molecule has 0 aliphatic heterocycles. The Morgan fingerprint density at radius 1 is 1.12 bits per heavy atom. The molecular formula is C22H23N7O3S. The molecule has 0 spiro atoms. The van der Waals surface area contributed by atoms with Crippen LogP contribution in [-0.4, -0.2) is 52.7 Å². The van der Waals surface area contributed by atoms with Crippen molar-refractivity contribution in [3.8, 4) is 0 Å².